The number of anilines is 1. The molecule has 0 aliphatic carbocycles. The fourth-order valence-electron chi connectivity index (χ4n) is 3.10. The highest BCUT2D eigenvalue weighted by molar-refractivity contribution is 6.25. The first-order valence-electron chi connectivity index (χ1n) is 7.58. The quantitative estimate of drug-likeness (QED) is 0.712. The third-order valence-electron chi connectivity index (χ3n) is 4.23. The van der Waals surface area contributed by atoms with E-state index in [-0.39, 0.29) is 30.5 Å². The molecule has 1 aromatic rings. The van der Waals surface area contributed by atoms with Gasteiger partial charge in [0.2, 0.25) is 11.8 Å². The van der Waals surface area contributed by atoms with Gasteiger partial charge in [-0.1, -0.05) is 6.07 Å². The number of carbonyl (C=O) groups is 5. The average molecular weight is 345 g/mol. The van der Waals surface area contributed by atoms with Gasteiger partial charge < -0.3 is 10.0 Å². The number of piperidine rings is 1. The Morgan fingerprint density at radius 3 is 2.64 bits per heavy atom. The van der Waals surface area contributed by atoms with Crippen molar-refractivity contribution in [2.24, 2.45) is 0 Å². The van der Waals surface area contributed by atoms with Gasteiger partial charge in [0.05, 0.1) is 16.8 Å². The molecule has 0 radical (unpaired) electrons. The van der Waals surface area contributed by atoms with Crippen LogP contribution in [0.3, 0.4) is 0 Å². The topological polar surface area (TPSA) is 124 Å². The molecule has 3 rings (SSSR count). The van der Waals surface area contributed by atoms with E-state index in [0.29, 0.717) is 5.69 Å². The number of carboxylic acids is 1. The Morgan fingerprint density at radius 1 is 1.28 bits per heavy atom. The van der Waals surface area contributed by atoms with Crippen LogP contribution in [0.1, 0.15) is 33.6 Å². The normalized spacial score (nSPS) is 19.7. The predicted molar refractivity (Wildman–Crippen MR) is 84.0 cm³/mol. The molecule has 1 unspecified atom stereocenters. The van der Waals surface area contributed by atoms with E-state index in [1.54, 1.807) is 12.1 Å². The molecule has 2 aliphatic rings. The van der Waals surface area contributed by atoms with E-state index in [0.717, 1.165) is 4.90 Å². The van der Waals surface area contributed by atoms with Crippen molar-refractivity contribution < 1.29 is 29.1 Å². The molecular weight excluding hydrogens is 330 g/mol. The van der Waals surface area contributed by atoms with Crippen LogP contribution in [-0.2, 0) is 14.4 Å². The minimum absolute atomic E-state index is 0.0373. The Kier molecular flexibility index (Phi) is 3.99. The van der Waals surface area contributed by atoms with Crippen molar-refractivity contribution in [3.63, 3.8) is 0 Å². The minimum atomic E-state index is -1.08. The predicted octanol–water partition coefficient (Wildman–Crippen LogP) is -0.391. The molecule has 25 heavy (non-hydrogen) atoms. The molecule has 9 heteroatoms. The van der Waals surface area contributed by atoms with Crippen LogP contribution in [0.5, 0.6) is 0 Å². The van der Waals surface area contributed by atoms with Crippen molar-refractivity contribution in [2.45, 2.75) is 18.9 Å². The van der Waals surface area contributed by atoms with Crippen LogP contribution in [0.4, 0.5) is 5.69 Å². The summed E-state index contributed by atoms with van der Waals surface area (Å²) < 4.78 is 0. The smallest absolute Gasteiger partial charge is 0.323 e. The molecule has 1 aromatic carbocycles. The molecule has 0 spiro atoms. The number of fused-ring (bicyclic) bond motifs is 1. The molecular formula is C16H15N3O6. The Morgan fingerprint density at radius 2 is 2.00 bits per heavy atom. The van der Waals surface area contributed by atoms with Gasteiger partial charge in [0, 0.05) is 13.5 Å². The number of aliphatic carboxylic acids is 1. The molecule has 130 valence electrons. The number of nitrogens with zero attached hydrogens (tertiary/aromatic N) is 2. The third-order valence-corrected chi connectivity index (χ3v) is 4.23. The molecule has 1 saturated heterocycles. The SMILES string of the molecule is CN(CC(=O)O)c1cccc2c1C(=O)N(C1CCC(=O)NC1=O)C2=O. The fraction of sp³-hybridized carbons (Fsp3) is 0.312. The summed E-state index contributed by atoms with van der Waals surface area (Å²) in [6, 6.07) is 3.49. The summed E-state index contributed by atoms with van der Waals surface area (Å²) in [5.41, 5.74) is 0.485. The number of amides is 4. The first kappa shape index (κ1) is 16.6. The summed E-state index contributed by atoms with van der Waals surface area (Å²) in [5.74, 6) is -3.51. The van der Waals surface area contributed by atoms with Crippen LogP contribution >= 0.6 is 0 Å². The molecule has 2 heterocycles. The summed E-state index contributed by atoms with van der Waals surface area (Å²) in [5, 5.41) is 11.1. The molecule has 4 amide bonds. The lowest BCUT2D eigenvalue weighted by Crippen LogP contribution is -2.54. The molecule has 0 aromatic heterocycles. The number of carboxylic acid groups (broad SMARTS) is 1. The van der Waals surface area contributed by atoms with Gasteiger partial charge >= 0.3 is 5.97 Å². The van der Waals surface area contributed by atoms with Gasteiger partial charge in [-0.25, -0.2) is 0 Å². The zero-order valence-corrected chi connectivity index (χ0v) is 13.3. The van der Waals surface area contributed by atoms with E-state index in [4.69, 9.17) is 5.11 Å². The molecule has 2 N–H and O–H groups in total. The van der Waals surface area contributed by atoms with Crippen molar-refractivity contribution in [1.29, 1.82) is 0 Å². The molecule has 0 saturated carbocycles. The van der Waals surface area contributed by atoms with Gasteiger partial charge in [0.25, 0.3) is 11.8 Å². The van der Waals surface area contributed by atoms with E-state index in [9.17, 15) is 24.0 Å². The summed E-state index contributed by atoms with van der Waals surface area (Å²) in [6.07, 6.45) is 0.103. The van der Waals surface area contributed by atoms with E-state index >= 15 is 0 Å². The van der Waals surface area contributed by atoms with Gasteiger partial charge in [-0.05, 0) is 18.6 Å². The van der Waals surface area contributed by atoms with Gasteiger partial charge in [-0.15, -0.1) is 0 Å². The lowest BCUT2D eigenvalue weighted by Gasteiger charge is -2.28. The number of hydrogen-bond acceptors (Lipinski definition) is 6. The zero-order valence-electron chi connectivity index (χ0n) is 13.3. The number of nitrogens with one attached hydrogen (secondary N) is 1. The maximum Gasteiger partial charge on any atom is 0.323 e. The highest BCUT2D eigenvalue weighted by Crippen LogP contribution is 2.33. The lowest BCUT2D eigenvalue weighted by molar-refractivity contribution is -0.137. The van der Waals surface area contributed by atoms with Crippen molar-refractivity contribution in [3.8, 4) is 0 Å². The van der Waals surface area contributed by atoms with E-state index in [2.05, 4.69) is 5.32 Å². The molecule has 1 atom stereocenters. The summed E-state index contributed by atoms with van der Waals surface area (Å²) in [7, 11) is 1.50. The Hall–Kier alpha value is -3.23. The molecule has 2 aliphatic heterocycles. The summed E-state index contributed by atoms with van der Waals surface area (Å²) in [4.78, 5) is 61.9. The second-order valence-electron chi connectivity index (χ2n) is 5.90. The molecule has 1 fully saturated rings. The van der Waals surface area contributed by atoms with Gasteiger partial charge in [0.15, 0.2) is 0 Å². The third kappa shape index (κ3) is 2.73. The van der Waals surface area contributed by atoms with Crippen molar-refractivity contribution in [2.75, 3.05) is 18.5 Å². The van der Waals surface area contributed by atoms with Crippen LogP contribution in [0.15, 0.2) is 18.2 Å². The van der Waals surface area contributed by atoms with E-state index in [1.807, 2.05) is 0 Å². The minimum Gasteiger partial charge on any atom is -0.480 e. The number of hydrogen-bond donors (Lipinski definition) is 2. The standard InChI is InChI=1S/C16H15N3O6/c1-18(7-12(21)22)9-4-2-3-8-13(9)16(25)19(15(8)24)10-5-6-11(20)17-14(10)23/h2-4,10H,5-7H2,1H3,(H,21,22)(H,17,20,23). The Bertz CT molecular complexity index is 818. The lowest BCUT2D eigenvalue weighted by atomic mass is 10.0. The second-order valence-corrected chi connectivity index (χ2v) is 5.90. The Labute approximate surface area is 142 Å². The Balaban J connectivity index is 1.98. The first-order valence-corrected chi connectivity index (χ1v) is 7.58. The van der Waals surface area contributed by atoms with Crippen molar-refractivity contribution >= 4 is 35.3 Å². The van der Waals surface area contributed by atoms with Gasteiger partial charge in [-0.2, -0.15) is 0 Å². The number of carbonyl (C=O) groups excluding carboxylic acids is 4. The summed E-state index contributed by atoms with van der Waals surface area (Å²) in [6.45, 7) is -0.351. The number of likely N-dealkylation sites (N-methyl/N-ethyl adjacent to an activating group) is 1. The largest absolute Gasteiger partial charge is 0.480 e. The molecule has 9 nitrogen and oxygen atoms in total. The van der Waals surface area contributed by atoms with Crippen LogP contribution < -0.4 is 10.2 Å². The molecule has 0 bridgehead atoms. The fourth-order valence-corrected chi connectivity index (χ4v) is 3.10. The monoisotopic (exact) mass is 345 g/mol. The van der Waals surface area contributed by atoms with Crippen LogP contribution in [-0.4, -0.2) is 59.2 Å². The van der Waals surface area contributed by atoms with Gasteiger partial charge in [-0.3, -0.25) is 34.2 Å². The summed E-state index contributed by atoms with van der Waals surface area (Å²) >= 11 is 0. The van der Waals surface area contributed by atoms with Gasteiger partial charge in [0.1, 0.15) is 12.6 Å². The van der Waals surface area contributed by atoms with Crippen LogP contribution in [0.25, 0.3) is 0 Å². The average Bonchev–Trinajstić information content (AvgIpc) is 2.79. The van der Waals surface area contributed by atoms with E-state index < -0.39 is 35.6 Å². The second kappa shape index (κ2) is 6.00. The van der Waals surface area contributed by atoms with E-state index in [1.165, 1.54) is 18.0 Å². The maximum absolute atomic E-state index is 12.8. The van der Waals surface area contributed by atoms with Crippen molar-refractivity contribution in [3.05, 3.63) is 29.3 Å². The van der Waals surface area contributed by atoms with Crippen LogP contribution in [0, 0.1) is 0 Å². The zero-order chi connectivity index (χ0) is 18.3. The maximum atomic E-state index is 12.8. The number of benzene rings is 1. The number of imide groups is 2. The highest BCUT2D eigenvalue weighted by atomic mass is 16.4. The van der Waals surface area contributed by atoms with Crippen LogP contribution in [0.2, 0.25) is 0 Å². The van der Waals surface area contributed by atoms with Crippen molar-refractivity contribution in [1.82, 2.24) is 10.2 Å². The number of rotatable bonds is 4. The highest BCUT2D eigenvalue weighted by Gasteiger charge is 2.45. The first-order chi connectivity index (χ1) is 11.8.